The van der Waals surface area contributed by atoms with E-state index in [1.807, 2.05) is 24.5 Å². The van der Waals surface area contributed by atoms with Crippen LogP contribution < -0.4 is 4.74 Å². The molecule has 0 N–H and O–H groups in total. The first-order valence-electron chi connectivity index (χ1n) is 3.32. The van der Waals surface area contributed by atoms with Gasteiger partial charge in [-0.1, -0.05) is 6.07 Å². The summed E-state index contributed by atoms with van der Waals surface area (Å²) in [7, 11) is 1.68. The van der Waals surface area contributed by atoms with E-state index in [1.54, 1.807) is 18.9 Å². The molecule has 0 aliphatic rings. The Kier molecular flexibility index (Phi) is 2.83. The highest BCUT2D eigenvalue weighted by molar-refractivity contribution is 7.98. The van der Waals surface area contributed by atoms with Gasteiger partial charge in [0.2, 0.25) is 0 Å². The molecular formula is C9H11OS. The Morgan fingerprint density at radius 2 is 2.18 bits per heavy atom. The van der Waals surface area contributed by atoms with Crippen LogP contribution in [0.1, 0.15) is 5.56 Å². The van der Waals surface area contributed by atoms with Gasteiger partial charge in [-0.05, 0) is 30.9 Å². The fraction of sp³-hybridized carbons (Fsp3) is 0.222. The fourth-order valence-electron chi connectivity index (χ4n) is 0.881. The summed E-state index contributed by atoms with van der Waals surface area (Å²) in [4.78, 5) is 1.15. The van der Waals surface area contributed by atoms with Crippen LogP contribution in [0.25, 0.3) is 0 Å². The lowest BCUT2D eigenvalue weighted by atomic mass is 10.2. The van der Waals surface area contributed by atoms with Crippen molar-refractivity contribution in [3.63, 3.8) is 0 Å². The van der Waals surface area contributed by atoms with Crippen molar-refractivity contribution >= 4 is 11.8 Å². The molecule has 1 rings (SSSR count). The van der Waals surface area contributed by atoms with Crippen molar-refractivity contribution in [3.05, 3.63) is 30.7 Å². The summed E-state index contributed by atoms with van der Waals surface area (Å²) in [6.45, 7) is 3.82. The smallest absolute Gasteiger partial charge is 0.132 e. The van der Waals surface area contributed by atoms with Crippen molar-refractivity contribution in [2.45, 2.75) is 4.90 Å². The lowest BCUT2D eigenvalue weighted by molar-refractivity contribution is 0.404. The summed E-state index contributed by atoms with van der Waals surface area (Å²) in [6.07, 6.45) is 2.03. The lowest BCUT2D eigenvalue weighted by Gasteiger charge is -2.05. The molecule has 0 amide bonds. The zero-order valence-electron chi connectivity index (χ0n) is 6.76. The van der Waals surface area contributed by atoms with Crippen molar-refractivity contribution in [3.8, 4) is 5.75 Å². The van der Waals surface area contributed by atoms with Crippen LogP contribution in [0.2, 0.25) is 0 Å². The Morgan fingerprint density at radius 1 is 1.45 bits per heavy atom. The maximum Gasteiger partial charge on any atom is 0.132 e. The van der Waals surface area contributed by atoms with Crippen LogP contribution in [0.3, 0.4) is 0 Å². The van der Waals surface area contributed by atoms with Crippen molar-refractivity contribution < 1.29 is 4.74 Å². The molecule has 0 aliphatic carbocycles. The van der Waals surface area contributed by atoms with Gasteiger partial charge in [-0.2, -0.15) is 0 Å². The minimum Gasteiger partial charge on any atom is -0.496 e. The maximum atomic E-state index is 5.16. The average molecular weight is 167 g/mol. The maximum absolute atomic E-state index is 5.16. The van der Waals surface area contributed by atoms with Gasteiger partial charge in [0, 0.05) is 4.90 Å². The topological polar surface area (TPSA) is 9.23 Å². The van der Waals surface area contributed by atoms with Crippen molar-refractivity contribution in [2.75, 3.05) is 13.4 Å². The predicted octanol–water partition coefficient (Wildman–Crippen LogP) is 2.60. The van der Waals surface area contributed by atoms with Crippen molar-refractivity contribution in [2.24, 2.45) is 0 Å². The molecule has 11 heavy (non-hydrogen) atoms. The van der Waals surface area contributed by atoms with Gasteiger partial charge in [0.25, 0.3) is 0 Å². The molecule has 1 aromatic rings. The van der Waals surface area contributed by atoms with E-state index in [0.29, 0.717) is 0 Å². The SMILES string of the molecule is [CH2]c1ccc(SC)c(OC)c1. The Morgan fingerprint density at radius 3 is 2.73 bits per heavy atom. The van der Waals surface area contributed by atoms with Crippen LogP contribution in [-0.2, 0) is 0 Å². The van der Waals surface area contributed by atoms with Gasteiger partial charge in [0.15, 0.2) is 0 Å². The van der Waals surface area contributed by atoms with E-state index in [-0.39, 0.29) is 0 Å². The van der Waals surface area contributed by atoms with Gasteiger partial charge >= 0.3 is 0 Å². The second kappa shape index (κ2) is 3.67. The van der Waals surface area contributed by atoms with Gasteiger partial charge in [-0.3, -0.25) is 0 Å². The summed E-state index contributed by atoms with van der Waals surface area (Å²) in [5, 5.41) is 0. The van der Waals surface area contributed by atoms with E-state index in [4.69, 9.17) is 4.74 Å². The highest BCUT2D eigenvalue weighted by atomic mass is 32.2. The third-order valence-corrected chi connectivity index (χ3v) is 2.23. The first-order chi connectivity index (χ1) is 5.27. The molecule has 0 saturated heterocycles. The molecule has 0 atom stereocenters. The number of rotatable bonds is 2. The van der Waals surface area contributed by atoms with E-state index in [9.17, 15) is 0 Å². The van der Waals surface area contributed by atoms with E-state index < -0.39 is 0 Å². The number of hydrogen-bond acceptors (Lipinski definition) is 2. The van der Waals surface area contributed by atoms with Gasteiger partial charge < -0.3 is 4.74 Å². The molecule has 1 nitrogen and oxygen atoms in total. The number of ether oxygens (including phenoxy) is 1. The average Bonchev–Trinajstić information content (AvgIpc) is 2.04. The van der Waals surface area contributed by atoms with E-state index in [2.05, 4.69) is 6.92 Å². The van der Waals surface area contributed by atoms with Crippen LogP contribution in [0.15, 0.2) is 23.1 Å². The van der Waals surface area contributed by atoms with Gasteiger partial charge in [0.05, 0.1) is 7.11 Å². The highest BCUT2D eigenvalue weighted by Gasteiger charge is 1.99. The monoisotopic (exact) mass is 167 g/mol. The molecule has 59 valence electrons. The molecule has 0 aliphatic heterocycles. The number of hydrogen-bond donors (Lipinski definition) is 0. The lowest BCUT2D eigenvalue weighted by Crippen LogP contribution is -1.86. The van der Waals surface area contributed by atoms with Gasteiger partial charge in [0.1, 0.15) is 5.75 Å². The highest BCUT2D eigenvalue weighted by Crippen LogP contribution is 2.27. The second-order valence-corrected chi connectivity index (χ2v) is 3.04. The van der Waals surface area contributed by atoms with E-state index in [1.165, 1.54) is 0 Å². The fourth-order valence-corrected chi connectivity index (χ4v) is 1.43. The number of methoxy groups -OCH3 is 1. The standard InChI is InChI=1S/C9H11OS/c1-7-4-5-9(11-3)8(6-7)10-2/h4-6H,1H2,2-3H3. The first-order valence-corrected chi connectivity index (χ1v) is 4.54. The summed E-state index contributed by atoms with van der Waals surface area (Å²) >= 11 is 1.68. The Labute approximate surface area is 71.8 Å². The van der Waals surface area contributed by atoms with E-state index >= 15 is 0 Å². The van der Waals surface area contributed by atoms with Gasteiger partial charge in [-0.15, -0.1) is 11.8 Å². The molecule has 0 heterocycles. The molecule has 0 spiro atoms. The van der Waals surface area contributed by atoms with Gasteiger partial charge in [-0.25, -0.2) is 0 Å². The van der Waals surface area contributed by atoms with Crippen LogP contribution >= 0.6 is 11.8 Å². The molecule has 1 radical (unpaired) electrons. The Bertz CT molecular complexity index is 245. The molecule has 0 fully saturated rings. The predicted molar refractivity (Wildman–Crippen MR) is 49.2 cm³/mol. The summed E-state index contributed by atoms with van der Waals surface area (Å²) < 4.78 is 5.16. The zero-order chi connectivity index (χ0) is 8.27. The zero-order valence-corrected chi connectivity index (χ0v) is 7.57. The summed E-state index contributed by atoms with van der Waals surface area (Å²) in [6, 6.07) is 5.94. The second-order valence-electron chi connectivity index (χ2n) is 2.19. The van der Waals surface area contributed by atoms with Crippen molar-refractivity contribution in [1.82, 2.24) is 0 Å². The Hall–Kier alpha value is -0.630. The third-order valence-electron chi connectivity index (χ3n) is 1.45. The summed E-state index contributed by atoms with van der Waals surface area (Å²) in [5.41, 5.74) is 0.986. The molecule has 0 saturated carbocycles. The molecule has 2 heteroatoms. The Balaban J connectivity index is 3.06. The molecule has 0 unspecified atom stereocenters. The van der Waals surface area contributed by atoms with Crippen molar-refractivity contribution in [1.29, 1.82) is 0 Å². The molecule has 0 bridgehead atoms. The first kappa shape index (κ1) is 8.47. The molecular weight excluding hydrogens is 156 g/mol. The number of thioether (sulfide) groups is 1. The minimum absolute atomic E-state index is 0.907. The third kappa shape index (κ3) is 1.90. The summed E-state index contributed by atoms with van der Waals surface area (Å²) in [5.74, 6) is 0.907. The molecule has 1 aromatic carbocycles. The minimum atomic E-state index is 0.907. The van der Waals surface area contributed by atoms with Crippen LogP contribution in [0.5, 0.6) is 5.75 Å². The number of benzene rings is 1. The van der Waals surface area contributed by atoms with Crippen LogP contribution in [-0.4, -0.2) is 13.4 Å². The van der Waals surface area contributed by atoms with Crippen LogP contribution in [0.4, 0.5) is 0 Å². The quantitative estimate of drug-likeness (QED) is 0.626. The molecule has 0 aromatic heterocycles. The van der Waals surface area contributed by atoms with Crippen LogP contribution in [0, 0.1) is 6.92 Å². The van der Waals surface area contributed by atoms with E-state index in [0.717, 1.165) is 16.2 Å². The normalized spacial score (nSPS) is 9.73. The largest absolute Gasteiger partial charge is 0.496 e.